The third-order valence-electron chi connectivity index (χ3n) is 6.29. The van der Waals surface area contributed by atoms with E-state index in [1.54, 1.807) is 31.5 Å². The number of hydrogen-bond acceptors (Lipinski definition) is 6. The molecule has 1 unspecified atom stereocenters. The van der Waals surface area contributed by atoms with E-state index in [2.05, 4.69) is 25.0 Å². The molecule has 0 bridgehead atoms. The van der Waals surface area contributed by atoms with Crippen molar-refractivity contribution in [2.75, 3.05) is 0 Å². The van der Waals surface area contributed by atoms with Crippen molar-refractivity contribution in [1.82, 2.24) is 29.7 Å². The molecule has 1 N–H and O–H groups in total. The largest absolute Gasteiger partial charge is 0.416 e. The van der Waals surface area contributed by atoms with E-state index in [9.17, 15) is 23.2 Å². The van der Waals surface area contributed by atoms with Crippen LogP contribution in [0, 0.1) is 11.3 Å². The third kappa shape index (κ3) is 3.61. The maximum Gasteiger partial charge on any atom is 0.416 e. The Kier molecular flexibility index (Phi) is 5.16. The van der Waals surface area contributed by atoms with Gasteiger partial charge in [-0.1, -0.05) is 12.1 Å². The van der Waals surface area contributed by atoms with E-state index < -0.39 is 23.3 Å². The summed E-state index contributed by atoms with van der Waals surface area (Å²) < 4.78 is 41.0. The summed E-state index contributed by atoms with van der Waals surface area (Å²) in [5.74, 6) is 0.930. The smallest absolute Gasteiger partial charge is 0.310 e. The molecule has 1 aromatic carbocycles. The number of nitrogens with one attached hydrogen (secondary N) is 1. The molecule has 1 fully saturated rings. The summed E-state index contributed by atoms with van der Waals surface area (Å²) in [4.78, 5) is 29.0. The molecule has 0 aliphatic heterocycles. The highest BCUT2D eigenvalue weighted by molar-refractivity contribution is 5.80. The van der Waals surface area contributed by atoms with Crippen LogP contribution in [0.1, 0.15) is 66.1 Å². The predicted octanol–water partition coefficient (Wildman–Crippen LogP) is 4.07. The van der Waals surface area contributed by atoms with Crippen LogP contribution in [-0.2, 0) is 6.18 Å². The first-order chi connectivity index (χ1) is 16.3. The van der Waals surface area contributed by atoms with Crippen LogP contribution < -0.4 is 5.56 Å². The Labute approximate surface area is 191 Å². The Hall–Kier alpha value is -4.07. The Morgan fingerprint density at radius 3 is 2.56 bits per heavy atom. The van der Waals surface area contributed by atoms with E-state index >= 15 is 0 Å². The number of alkyl halides is 3. The minimum absolute atomic E-state index is 0.0110. The second-order valence-electron chi connectivity index (χ2n) is 8.25. The van der Waals surface area contributed by atoms with Gasteiger partial charge in [0.25, 0.3) is 5.56 Å². The summed E-state index contributed by atoms with van der Waals surface area (Å²) in [5, 5.41) is 13.8. The van der Waals surface area contributed by atoms with Gasteiger partial charge in [-0.25, -0.2) is 19.6 Å². The average Bonchev–Trinajstić information content (AvgIpc) is 3.17. The Bertz CT molecular complexity index is 1470. The van der Waals surface area contributed by atoms with E-state index in [1.165, 1.54) is 10.7 Å². The predicted molar refractivity (Wildman–Crippen MR) is 115 cm³/mol. The van der Waals surface area contributed by atoms with Gasteiger partial charge in [0.2, 0.25) is 0 Å². The third-order valence-corrected chi connectivity index (χ3v) is 6.29. The van der Waals surface area contributed by atoms with Crippen LogP contribution in [0.15, 0.2) is 47.5 Å². The Balaban J connectivity index is 1.61. The summed E-state index contributed by atoms with van der Waals surface area (Å²) >= 11 is 0. The van der Waals surface area contributed by atoms with Crippen molar-refractivity contribution in [3.05, 3.63) is 81.5 Å². The van der Waals surface area contributed by atoms with E-state index in [1.807, 2.05) is 6.07 Å². The highest BCUT2D eigenvalue weighted by atomic mass is 19.4. The van der Waals surface area contributed by atoms with Crippen molar-refractivity contribution >= 4 is 11.0 Å². The van der Waals surface area contributed by atoms with Crippen LogP contribution in [0.4, 0.5) is 13.2 Å². The van der Waals surface area contributed by atoms with Gasteiger partial charge in [0.15, 0.2) is 11.3 Å². The number of aromatic nitrogens is 6. The van der Waals surface area contributed by atoms with Gasteiger partial charge in [-0.2, -0.15) is 23.5 Å². The molecule has 0 saturated heterocycles. The number of rotatable bonds is 4. The number of nitrogens with zero attached hydrogens (tertiary/aromatic N) is 6. The summed E-state index contributed by atoms with van der Waals surface area (Å²) in [6, 6.07) is 7.79. The van der Waals surface area contributed by atoms with Gasteiger partial charge < -0.3 is 4.98 Å². The molecule has 1 aliphatic carbocycles. The summed E-state index contributed by atoms with van der Waals surface area (Å²) in [6.45, 7) is 1.65. The van der Waals surface area contributed by atoms with Crippen LogP contribution in [0.3, 0.4) is 0 Å². The van der Waals surface area contributed by atoms with E-state index in [0.29, 0.717) is 17.2 Å². The summed E-state index contributed by atoms with van der Waals surface area (Å²) in [7, 11) is 0. The first-order valence-corrected chi connectivity index (χ1v) is 10.6. The van der Waals surface area contributed by atoms with Crippen LogP contribution >= 0.6 is 0 Å². The lowest BCUT2D eigenvalue weighted by Gasteiger charge is -2.34. The Morgan fingerprint density at radius 2 is 1.91 bits per heavy atom. The zero-order valence-electron chi connectivity index (χ0n) is 17.9. The maximum absolute atomic E-state index is 13.2. The maximum atomic E-state index is 13.2. The van der Waals surface area contributed by atoms with Gasteiger partial charge in [-0.15, -0.1) is 0 Å². The lowest BCUT2D eigenvalue weighted by molar-refractivity contribution is -0.137. The highest BCUT2D eigenvalue weighted by Crippen LogP contribution is 2.46. The molecule has 0 spiro atoms. The van der Waals surface area contributed by atoms with Crippen LogP contribution in [0.25, 0.3) is 11.0 Å². The molecule has 3 aromatic heterocycles. The molecule has 34 heavy (non-hydrogen) atoms. The van der Waals surface area contributed by atoms with Crippen LogP contribution in [-0.4, -0.2) is 29.7 Å². The lowest BCUT2D eigenvalue weighted by atomic mass is 9.72. The fourth-order valence-electron chi connectivity index (χ4n) is 4.34. The molecule has 5 rings (SSSR count). The van der Waals surface area contributed by atoms with Gasteiger partial charge in [0, 0.05) is 24.2 Å². The van der Waals surface area contributed by atoms with E-state index in [0.717, 1.165) is 25.0 Å². The van der Waals surface area contributed by atoms with Crippen LogP contribution in [0.5, 0.6) is 0 Å². The van der Waals surface area contributed by atoms with Crippen molar-refractivity contribution in [3.8, 4) is 6.07 Å². The van der Waals surface area contributed by atoms with Gasteiger partial charge in [0.05, 0.1) is 11.6 Å². The minimum Gasteiger partial charge on any atom is -0.310 e. The van der Waals surface area contributed by atoms with Crippen LogP contribution in [0.2, 0.25) is 0 Å². The average molecular weight is 465 g/mol. The summed E-state index contributed by atoms with van der Waals surface area (Å²) in [5.41, 5.74) is -0.962. The second kappa shape index (κ2) is 8.06. The first kappa shape index (κ1) is 21.8. The van der Waals surface area contributed by atoms with Gasteiger partial charge in [0.1, 0.15) is 23.1 Å². The molecule has 3 atom stereocenters. The van der Waals surface area contributed by atoms with Crippen molar-refractivity contribution in [2.24, 2.45) is 0 Å². The van der Waals surface area contributed by atoms with E-state index in [4.69, 9.17) is 0 Å². The first-order valence-electron chi connectivity index (χ1n) is 10.6. The molecular weight excluding hydrogens is 447 g/mol. The number of benzene rings is 1. The van der Waals surface area contributed by atoms with Crippen molar-refractivity contribution in [3.63, 3.8) is 0 Å². The number of nitriles is 1. The lowest BCUT2D eigenvalue weighted by Crippen LogP contribution is -2.28. The molecule has 8 nitrogen and oxygen atoms in total. The monoisotopic (exact) mass is 465 g/mol. The second-order valence-corrected chi connectivity index (χ2v) is 8.25. The summed E-state index contributed by atoms with van der Waals surface area (Å²) in [6.07, 6.45) is 0.408. The zero-order chi connectivity index (χ0) is 24.0. The van der Waals surface area contributed by atoms with Crippen molar-refractivity contribution in [1.29, 1.82) is 5.26 Å². The number of hydrogen-bond donors (Lipinski definition) is 1. The molecule has 1 aliphatic rings. The molecule has 0 amide bonds. The number of aromatic amines is 1. The quantitative estimate of drug-likeness (QED) is 0.486. The standard InChI is InChI=1S/C23H18F3N7O/c1-12(13-4-2-5-14(10-13)23(24,25)26)33-21-18(17(11-27)32-33)22(34)31-20(30-21)16-7-6-15(16)19-28-8-3-9-29-19/h2-5,8-10,12,15-16H,6-7H2,1H3,(H,30,31,34)/t12?,15-,16-/m0/s1. The SMILES string of the molecule is CC(c1cccc(C(F)(F)F)c1)n1nc(C#N)c2c(=O)[nH]c([C@H]3CC[C@@H]3c3ncccn3)nc21. The minimum atomic E-state index is -4.50. The fraction of sp³-hybridized carbons (Fsp3) is 0.304. The number of fused-ring (bicyclic) bond motifs is 1. The fourth-order valence-corrected chi connectivity index (χ4v) is 4.34. The normalized spacial score (nSPS) is 18.9. The Morgan fingerprint density at radius 1 is 1.18 bits per heavy atom. The number of halogens is 3. The molecular formula is C23H18F3N7O. The topological polar surface area (TPSA) is 113 Å². The van der Waals surface area contributed by atoms with Gasteiger partial charge >= 0.3 is 6.18 Å². The van der Waals surface area contributed by atoms with Crippen molar-refractivity contribution in [2.45, 2.75) is 43.8 Å². The van der Waals surface area contributed by atoms with Gasteiger partial charge in [-0.3, -0.25) is 4.79 Å². The zero-order valence-corrected chi connectivity index (χ0v) is 17.9. The van der Waals surface area contributed by atoms with Gasteiger partial charge in [-0.05, 0) is 43.5 Å². The number of H-pyrrole nitrogens is 1. The molecule has 11 heteroatoms. The van der Waals surface area contributed by atoms with Crippen molar-refractivity contribution < 1.29 is 13.2 Å². The molecule has 4 aromatic rings. The molecule has 1 saturated carbocycles. The highest BCUT2D eigenvalue weighted by Gasteiger charge is 2.38. The molecule has 3 heterocycles. The van der Waals surface area contributed by atoms with E-state index in [-0.39, 0.29) is 28.6 Å². The molecule has 172 valence electrons. The molecule has 0 radical (unpaired) electrons.